The van der Waals surface area contributed by atoms with E-state index in [4.69, 9.17) is 4.74 Å². The lowest BCUT2D eigenvalue weighted by Gasteiger charge is -2.08. The number of aryl methyl sites for hydroxylation is 1. The van der Waals surface area contributed by atoms with Crippen molar-refractivity contribution in [3.05, 3.63) is 35.4 Å². The standard InChI is InChI=1S/C15H21NO3/c1-4-13(17)10-16-15(18)8-6-12-9-11(2)5-7-14(12)19-3/h5-9,13,17H,4,10H2,1-3H3,(H,16,18)/b8-6+. The molecule has 0 radical (unpaired) electrons. The molecule has 1 unspecified atom stereocenters. The van der Waals surface area contributed by atoms with Gasteiger partial charge in [-0.2, -0.15) is 0 Å². The minimum Gasteiger partial charge on any atom is -0.496 e. The molecule has 1 aromatic rings. The summed E-state index contributed by atoms with van der Waals surface area (Å²) in [7, 11) is 1.60. The molecule has 1 atom stereocenters. The van der Waals surface area contributed by atoms with Gasteiger partial charge in [0.15, 0.2) is 0 Å². The summed E-state index contributed by atoms with van der Waals surface area (Å²) in [6.07, 6.45) is 3.28. The Morgan fingerprint density at radius 1 is 1.53 bits per heavy atom. The Hall–Kier alpha value is -1.81. The predicted octanol–water partition coefficient (Wildman–Crippen LogP) is 1.90. The average molecular weight is 263 g/mol. The molecule has 0 saturated heterocycles. The van der Waals surface area contributed by atoms with E-state index in [1.807, 2.05) is 32.0 Å². The normalized spacial score (nSPS) is 12.4. The van der Waals surface area contributed by atoms with Crippen LogP contribution in [0.3, 0.4) is 0 Å². The molecule has 19 heavy (non-hydrogen) atoms. The number of amides is 1. The Bertz CT molecular complexity index is 455. The van der Waals surface area contributed by atoms with Gasteiger partial charge < -0.3 is 15.2 Å². The number of carbonyl (C=O) groups is 1. The quantitative estimate of drug-likeness (QED) is 0.771. The Kier molecular flexibility index (Phi) is 6.09. The summed E-state index contributed by atoms with van der Waals surface area (Å²) in [4.78, 5) is 11.6. The van der Waals surface area contributed by atoms with Gasteiger partial charge in [0.25, 0.3) is 0 Å². The zero-order chi connectivity index (χ0) is 14.3. The molecule has 0 fully saturated rings. The van der Waals surface area contributed by atoms with Crippen molar-refractivity contribution in [1.82, 2.24) is 5.32 Å². The highest BCUT2D eigenvalue weighted by atomic mass is 16.5. The second-order valence-corrected chi connectivity index (χ2v) is 4.39. The molecule has 0 bridgehead atoms. The van der Waals surface area contributed by atoms with Crippen LogP contribution in [0, 0.1) is 6.92 Å². The number of carbonyl (C=O) groups excluding carboxylic acids is 1. The summed E-state index contributed by atoms with van der Waals surface area (Å²) in [5.41, 5.74) is 1.95. The van der Waals surface area contributed by atoms with E-state index in [0.717, 1.165) is 16.9 Å². The smallest absolute Gasteiger partial charge is 0.244 e. The minimum atomic E-state index is -0.495. The van der Waals surface area contributed by atoms with E-state index in [9.17, 15) is 9.90 Å². The monoisotopic (exact) mass is 263 g/mol. The molecule has 0 aliphatic rings. The number of methoxy groups -OCH3 is 1. The van der Waals surface area contributed by atoms with E-state index in [0.29, 0.717) is 6.42 Å². The molecule has 4 nitrogen and oxygen atoms in total. The molecule has 0 spiro atoms. The third kappa shape index (κ3) is 5.14. The van der Waals surface area contributed by atoms with Gasteiger partial charge >= 0.3 is 0 Å². The van der Waals surface area contributed by atoms with Crippen molar-refractivity contribution >= 4 is 12.0 Å². The van der Waals surface area contributed by atoms with Crippen LogP contribution in [0.1, 0.15) is 24.5 Å². The predicted molar refractivity (Wildman–Crippen MR) is 76.1 cm³/mol. The van der Waals surface area contributed by atoms with Crippen molar-refractivity contribution in [2.45, 2.75) is 26.4 Å². The van der Waals surface area contributed by atoms with Gasteiger partial charge in [0, 0.05) is 18.2 Å². The summed E-state index contributed by atoms with van der Waals surface area (Å²) in [5.74, 6) is 0.499. The van der Waals surface area contributed by atoms with Crippen LogP contribution >= 0.6 is 0 Å². The molecule has 0 aromatic heterocycles. The summed E-state index contributed by atoms with van der Waals surface area (Å²) < 4.78 is 5.23. The molecule has 0 aliphatic heterocycles. The molecule has 4 heteroatoms. The van der Waals surface area contributed by atoms with Crippen molar-refractivity contribution in [2.75, 3.05) is 13.7 Å². The first-order chi connectivity index (χ1) is 9.06. The molecule has 1 amide bonds. The lowest BCUT2D eigenvalue weighted by Crippen LogP contribution is -2.30. The second-order valence-electron chi connectivity index (χ2n) is 4.39. The van der Waals surface area contributed by atoms with Crippen molar-refractivity contribution in [3.8, 4) is 5.75 Å². The van der Waals surface area contributed by atoms with Gasteiger partial charge in [-0.1, -0.05) is 18.6 Å². The molecule has 0 aliphatic carbocycles. The van der Waals surface area contributed by atoms with Crippen LogP contribution in [-0.4, -0.2) is 30.8 Å². The fraction of sp³-hybridized carbons (Fsp3) is 0.400. The first kappa shape index (κ1) is 15.2. The lowest BCUT2D eigenvalue weighted by molar-refractivity contribution is -0.116. The number of aliphatic hydroxyl groups excluding tert-OH is 1. The van der Waals surface area contributed by atoms with Gasteiger partial charge in [-0.3, -0.25) is 4.79 Å². The van der Waals surface area contributed by atoms with Crippen molar-refractivity contribution in [2.24, 2.45) is 0 Å². The molecule has 104 valence electrons. The fourth-order valence-corrected chi connectivity index (χ4v) is 1.57. The van der Waals surface area contributed by atoms with Gasteiger partial charge in [0.05, 0.1) is 13.2 Å². The third-order valence-electron chi connectivity index (χ3n) is 2.78. The van der Waals surface area contributed by atoms with Gasteiger partial charge in [0.1, 0.15) is 5.75 Å². The third-order valence-corrected chi connectivity index (χ3v) is 2.78. The van der Waals surface area contributed by atoms with Crippen LogP contribution in [0.5, 0.6) is 5.75 Å². The maximum Gasteiger partial charge on any atom is 0.244 e. The lowest BCUT2D eigenvalue weighted by atomic mass is 10.1. The number of hydrogen-bond donors (Lipinski definition) is 2. The number of aliphatic hydroxyl groups is 1. The summed E-state index contributed by atoms with van der Waals surface area (Å²) in [5, 5.41) is 12.0. The van der Waals surface area contributed by atoms with E-state index >= 15 is 0 Å². The van der Waals surface area contributed by atoms with E-state index < -0.39 is 6.10 Å². The van der Waals surface area contributed by atoms with E-state index in [1.54, 1.807) is 13.2 Å². The summed E-state index contributed by atoms with van der Waals surface area (Å²) >= 11 is 0. The molecule has 2 N–H and O–H groups in total. The largest absolute Gasteiger partial charge is 0.496 e. The summed E-state index contributed by atoms with van der Waals surface area (Å²) in [6, 6.07) is 5.77. The van der Waals surface area contributed by atoms with Crippen LogP contribution in [0.2, 0.25) is 0 Å². The van der Waals surface area contributed by atoms with Crippen LogP contribution in [0.25, 0.3) is 6.08 Å². The Morgan fingerprint density at radius 2 is 2.26 bits per heavy atom. The topological polar surface area (TPSA) is 58.6 Å². The summed E-state index contributed by atoms with van der Waals surface area (Å²) in [6.45, 7) is 4.11. The average Bonchev–Trinajstić information content (AvgIpc) is 2.42. The van der Waals surface area contributed by atoms with Crippen molar-refractivity contribution in [1.29, 1.82) is 0 Å². The van der Waals surface area contributed by atoms with Gasteiger partial charge in [-0.25, -0.2) is 0 Å². The Morgan fingerprint density at radius 3 is 2.89 bits per heavy atom. The molecule has 1 rings (SSSR count). The number of ether oxygens (including phenoxy) is 1. The van der Waals surface area contributed by atoms with Gasteiger partial charge in [-0.15, -0.1) is 0 Å². The molecule has 1 aromatic carbocycles. The maximum absolute atomic E-state index is 11.6. The highest BCUT2D eigenvalue weighted by molar-refractivity contribution is 5.92. The van der Waals surface area contributed by atoms with Gasteiger partial charge in [-0.05, 0) is 31.6 Å². The zero-order valence-corrected chi connectivity index (χ0v) is 11.6. The van der Waals surface area contributed by atoms with E-state index in [2.05, 4.69) is 5.32 Å². The van der Waals surface area contributed by atoms with Crippen LogP contribution in [-0.2, 0) is 4.79 Å². The SMILES string of the molecule is CCC(O)CNC(=O)/C=C/c1cc(C)ccc1OC. The second kappa shape index (κ2) is 7.59. The molecule has 0 saturated carbocycles. The fourth-order valence-electron chi connectivity index (χ4n) is 1.57. The number of benzene rings is 1. The first-order valence-electron chi connectivity index (χ1n) is 6.35. The zero-order valence-electron chi connectivity index (χ0n) is 11.6. The van der Waals surface area contributed by atoms with E-state index in [-0.39, 0.29) is 12.5 Å². The van der Waals surface area contributed by atoms with Crippen molar-refractivity contribution < 1.29 is 14.6 Å². The molecular weight excluding hydrogens is 242 g/mol. The minimum absolute atomic E-state index is 0.226. The maximum atomic E-state index is 11.6. The Labute approximate surface area is 114 Å². The van der Waals surface area contributed by atoms with Gasteiger partial charge in [0.2, 0.25) is 5.91 Å². The van der Waals surface area contributed by atoms with Crippen molar-refractivity contribution in [3.63, 3.8) is 0 Å². The van der Waals surface area contributed by atoms with E-state index in [1.165, 1.54) is 6.08 Å². The number of rotatable bonds is 6. The van der Waals surface area contributed by atoms with Crippen LogP contribution in [0.15, 0.2) is 24.3 Å². The molecule has 0 heterocycles. The number of hydrogen-bond acceptors (Lipinski definition) is 3. The highest BCUT2D eigenvalue weighted by Crippen LogP contribution is 2.20. The number of nitrogens with one attached hydrogen (secondary N) is 1. The van der Waals surface area contributed by atoms with Crippen LogP contribution in [0.4, 0.5) is 0 Å². The van der Waals surface area contributed by atoms with Crippen LogP contribution < -0.4 is 10.1 Å². The molecular formula is C15H21NO3. The highest BCUT2D eigenvalue weighted by Gasteiger charge is 2.03. The Balaban J connectivity index is 2.65. The first-order valence-corrected chi connectivity index (χ1v) is 6.35.